The van der Waals surface area contributed by atoms with E-state index in [1.807, 2.05) is 19.2 Å². The van der Waals surface area contributed by atoms with Crippen molar-refractivity contribution in [3.05, 3.63) is 24.0 Å². The van der Waals surface area contributed by atoms with Crippen molar-refractivity contribution < 1.29 is 9.47 Å². The summed E-state index contributed by atoms with van der Waals surface area (Å²) in [7, 11) is 3.58. The number of rotatable bonds is 7. The fraction of sp³-hybridized carbons (Fsp3) is 0.545. The van der Waals surface area contributed by atoms with Gasteiger partial charge in [-0.25, -0.2) is 0 Å². The molecule has 1 N–H and O–H groups in total. The highest BCUT2D eigenvalue weighted by atomic mass is 16.5. The number of aromatic nitrogens is 1. The Kier molecular flexibility index (Phi) is 5.73. The molecule has 0 radical (unpaired) electrons. The van der Waals surface area contributed by atoms with Gasteiger partial charge in [0.1, 0.15) is 0 Å². The normalized spacial score (nSPS) is 10.3. The molecule has 4 nitrogen and oxygen atoms in total. The minimum Gasteiger partial charge on any atom is -0.388 e. The first-order valence-electron chi connectivity index (χ1n) is 5.06. The van der Waals surface area contributed by atoms with E-state index in [4.69, 9.17) is 9.47 Å². The van der Waals surface area contributed by atoms with Gasteiger partial charge in [0, 0.05) is 39.3 Å². The molecule has 0 aliphatic heterocycles. The van der Waals surface area contributed by atoms with Crippen molar-refractivity contribution in [2.24, 2.45) is 0 Å². The minimum atomic E-state index is 0.555. The van der Waals surface area contributed by atoms with Crippen LogP contribution in [0.15, 0.2) is 18.3 Å². The molecule has 0 aliphatic carbocycles. The van der Waals surface area contributed by atoms with E-state index in [-0.39, 0.29) is 0 Å². The average Bonchev–Trinajstić information content (AvgIpc) is 2.29. The van der Waals surface area contributed by atoms with Gasteiger partial charge in [0.25, 0.3) is 0 Å². The zero-order valence-electron chi connectivity index (χ0n) is 9.32. The van der Waals surface area contributed by atoms with Crippen LogP contribution in [0.4, 0.5) is 5.69 Å². The molecular formula is C11H18N2O2. The van der Waals surface area contributed by atoms with Crippen LogP contribution in [0, 0.1) is 0 Å². The molecule has 0 fully saturated rings. The first-order valence-corrected chi connectivity index (χ1v) is 5.06. The molecule has 0 aliphatic rings. The first-order chi connectivity index (χ1) is 7.36. The van der Waals surface area contributed by atoms with Crippen LogP contribution >= 0.6 is 0 Å². The zero-order valence-corrected chi connectivity index (χ0v) is 9.32. The minimum absolute atomic E-state index is 0.555. The molecule has 0 saturated carbocycles. The molecule has 0 aromatic carbocycles. The van der Waals surface area contributed by atoms with E-state index < -0.39 is 0 Å². The number of hydrogen-bond acceptors (Lipinski definition) is 4. The Morgan fingerprint density at radius 3 is 3.00 bits per heavy atom. The summed E-state index contributed by atoms with van der Waals surface area (Å²) < 4.78 is 10.4. The second-order valence-electron chi connectivity index (χ2n) is 3.18. The van der Waals surface area contributed by atoms with Crippen molar-refractivity contribution in [2.45, 2.75) is 13.0 Å². The average molecular weight is 210 g/mol. The van der Waals surface area contributed by atoms with Crippen LogP contribution in [-0.2, 0) is 16.1 Å². The number of hydrogen-bond donors (Lipinski definition) is 1. The SMILES string of the molecule is CNc1ccnc(COCCCOC)c1. The second-order valence-corrected chi connectivity index (χ2v) is 3.18. The number of ether oxygens (including phenoxy) is 2. The number of nitrogens with one attached hydrogen (secondary N) is 1. The Morgan fingerprint density at radius 1 is 1.40 bits per heavy atom. The fourth-order valence-electron chi connectivity index (χ4n) is 1.19. The van der Waals surface area contributed by atoms with E-state index in [9.17, 15) is 0 Å². The lowest BCUT2D eigenvalue weighted by molar-refractivity contribution is 0.0911. The number of anilines is 1. The molecule has 0 saturated heterocycles. The summed E-state index contributed by atoms with van der Waals surface area (Å²) in [6, 6.07) is 3.91. The zero-order chi connectivity index (χ0) is 10.9. The quantitative estimate of drug-likeness (QED) is 0.695. The van der Waals surface area contributed by atoms with Crippen molar-refractivity contribution in [3.63, 3.8) is 0 Å². The van der Waals surface area contributed by atoms with E-state index in [0.717, 1.165) is 24.4 Å². The molecular weight excluding hydrogens is 192 g/mol. The Balaban J connectivity index is 2.24. The lowest BCUT2D eigenvalue weighted by Crippen LogP contribution is -2.01. The summed E-state index contributed by atoms with van der Waals surface area (Å²) in [6.45, 7) is 2.00. The first kappa shape index (κ1) is 11.9. The molecule has 4 heteroatoms. The third kappa shape index (κ3) is 4.76. The Bertz CT molecular complexity index is 279. The van der Waals surface area contributed by atoms with Gasteiger partial charge in [-0.2, -0.15) is 0 Å². The van der Waals surface area contributed by atoms with E-state index >= 15 is 0 Å². The summed E-state index contributed by atoms with van der Waals surface area (Å²) in [6.07, 6.45) is 2.70. The summed E-state index contributed by atoms with van der Waals surface area (Å²) in [5, 5.41) is 3.06. The van der Waals surface area contributed by atoms with Gasteiger partial charge >= 0.3 is 0 Å². The van der Waals surface area contributed by atoms with Crippen molar-refractivity contribution in [1.82, 2.24) is 4.98 Å². The molecule has 15 heavy (non-hydrogen) atoms. The second kappa shape index (κ2) is 7.20. The van der Waals surface area contributed by atoms with Crippen LogP contribution < -0.4 is 5.32 Å². The Hall–Kier alpha value is -1.13. The predicted octanol–water partition coefficient (Wildman–Crippen LogP) is 1.68. The smallest absolute Gasteiger partial charge is 0.0888 e. The molecule has 1 aromatic rings. The molecule has 1 heterocycles. The highest BCUT2D eigenvalue weighted by Gasteiger charge is 1.96. The van der Waals surface area contributed by atoms with Crippen LogP contribution in [0.5, 0.6) is 0 Å². The lowest BCUT2D eigenvalue weighted by atomic mass is 10.3. The van der Waals surface area contributed by atoms with Gasteiger partial charge < -0.3 is 14.8 Å². The maximum atomic E-state index is 5.45. The van der Waals surface area contributed by atoms with Gasteiger partial charge in [-0.05, 0) is 18.6 Å². The highest BCUT2D eigenvalue weighted by Crippen LogP contribution is 2.07. The third-order valence-corrected chi connectivity index (χ3v) is 1.99. The topological polar surface area (TPSA) is 43.4 Å². The van der Waals surface area contributed by atoms with Crippen LogP contribution in [0.25, 0.3) is 0 Å². The van der Waals surface area contributed by atoms with E-state index in [1.165, 1.54) is 0 Å². The number of methoxy groups -OCH3 is 1. The summed E-state index contributed by atoms with van der Waals surface area (Å²) in [5.41, 5.74) is 2.00. The molecule has 1 rings (SSSR count). The van der Waals surface area contributed by atoms with Crippen molar-refractivity contribution in [1.29, 1.82) is 0 Å². The number of pyridine rings is 1. The maximum absolute atomic E-state index is 5.45. The summed E-state index contributed by atoms with van der Waals surface area (Å²) in [4.78, 5) is 4.21. The van der Waals surface area contributed by atoms with Crippen LogP contribution in [-0.4, -0.2) is 32.4 Å². The van der Waals surface area contributed by atoms with Crippen LogP contribution in [0.1, 0.15) is 12.1 Å². The standard InChI is InChI=1S/C11H18N2O2/c1-12-10-4-5-13-11(8-10)9-15-7-3-6-14-2/h4-5,8H,3,6-7,9H2,1-2H3,(H,12,13). The van der Waals surface area contributed by atoms with Gasteiger partial charge in [0.2, 0.25) is 0 Å². The predicted molar refractivity (Wildman–Crippen MR) is 59.9 cm³/mol. The largest absolute Gasteiger partial charge is 0.388 e. The molecule has 0 atom stereocenters. The fourth-order valence-corrected chi connectivity index (χ4v) is 1.19. The molecule has 84 valence electrons. The molecule has 0 spiro atoms. The van der Waals surface area contributed by atoms with E-state index in [2.05, 4.69) is 10.3 Å². The lowest BCUT2D eigenvalue weighted by Gasteiger charge is -2.05. The van der Waals surface area contributed by atoms with Crippen LogP contribution in [0.2, 0.25) is 0 Å². The van der Waals surface area contributed by atoms with Crippen molar-refractivity contribution >= 4 is 5.69 Å². The van der Waals surface area contributed by atoms with Crippen LogP contribution in [0.3, 0.4) is 0 Å². The summed E-state index contributed by atoms with van der Waals surface area (Å²) in [5.74, 6) is 0. The molecule has 0 bridgehead atoms. The Morgan fingerprint density at radius 2 is 2.27 bits per heavy atom. The van der Waals surface area contributed by atoms with Gasteiger partial charge in [-0.15, -0.1) is 0 Å². The molecule has 1 aromatic heterocycles. The monoisotopic (exact) mass is 210 g/mol. The van der Waals surface area contributed by atoms with Crippen molar-refractivity contribution in [2.75, 3.05) is 32.7 Å². The van der Waals surface area contributed by atoms with Gasteiger partial charge in [-0.1, -0.05) is 0 Å². The van der Waals surface area contributed by atoms with E-state index in [1.54, 1.807) is 13.3 Å². The maximum Gasteiger partial charge on any atom is 0.0888 e. The molecule has 0 amide bonds. The van der Waals surface area contributed by atoms with Gasteiger partial charge in [-0.3, -0.25) is 4.98 Å². The van der Waals surface area contributed by atoms with Crippen molar-refractivity contribution in [3.8, 4) is 0 Å². The summed E-state index contributed by atoms with van der Waals surface area (Å²) >= 11 is 0. The Labute approximate surface area is 90.6 Å². The molecule has 0 unspecified atom stereocenters. The van der Waals surface area contributed by atoms with Gasteiger partial charge in [0.05, 0.1) is 12.3 Å². The highest BCUT2D eigenvalue weighted by molar-refractivity contribution is 5.42. The van der Waals surface area contributed by atoms with E-state index in [0.29, 0.717) is 13.2 Å². The number of nitrogens with zero attached hydrogens (tertiary/aromatic N) is 1. The third-order valence-electron chi connectivity index (χ3n) is 1.99. The van der Waals surface area contributed by atoms with Gasteiger partial charge in [0.15, 0.2) is 0 Å².